The first-order valence-corrected chi connectivity index (χ1v) is 10.5. The molecule has 3 amide bonds. The van der Waals surface area contributed by atoms with Gasteiger partial charge in [-0.05, 0) is 61.2 Å². The van der Waals surface area contributed by atoms with Gasteiger partial charge in [0.25, 0.3) is 11.8 Å². The van der Waals surface area contributed by atoms with Gasteiger partial charge in [0.05, 0.1) is 29.0 Å². The molecule has 0 atom stereocenters. The van der Waals surface area contributed by atoms with Crippen molar-refractivity contribution in [2.45, 2.75) is 39.0 Å². The summed E-state index contributed by atoms with van der Waals surface area (Å²) in [5.41, 5.74) is 1.65. The minimum absolute atomic E-state index is 0.183. The van der Waals surface area contributed by atoms with Crippen LogP contribution < -0.4 is 10.2 Å². The maximum absolute atomic E-state index is 12.9. The lowest BCUT2D eigenvalue weighted by molar-refractivity contribution is -0.114. The molecule has 2 aliphatic rings. The number of nitrogens with one attached hydrogen (secondary N) is 1. The van der Waals surface area contributed by atoms with E-state index in [1.54, 1.807) is 24.3 Å². The molecule has 7 nitrogen and oxygen atoms in total. The number of esters is 1. The Kier molecular flexibility index (Phi) is 5.84. The first-order valence-electron chi connectivity index (χ1n) is 10.5. The Labute approximate surface area is 180 Å². The Morgan fingerprint density at radius 1 is 0.968 bits per heavy atom. The number of hydrogen-bond acceptors (Lipinski definition) is 5. The van der Waals surface area contributed by atoms with Crippen LogP contribution in [0.3, 0.4) is 0 Å². The van der Waals surface area contributed by atoms with E-state index in [2.05, 4.69) is 5.32 Å². The topological polar surface area (TPSA) is 92.8 Å². The second kappa shape index (κ2) is 8.71. The summed E-state index contributed by atoms with van der Waals surface area (Å²) in [7, 11) is 0. The number of rotatable bonds is 5. The molecule has 0 spiro atoms. The first kappa shape index (κ1) is 20.8. The van der Waals surface area contributed by atoms with E-state index in [-0.39, 0.29) is 22.6 Å². The molecule has 1 heterocycles. The highest BCUT2D eigenvalue weighted by Gasteiger charge is 2.37. The Balaban J connectivity index is 1.49. The van der Waals surface area contributed by atoms with E-state index in [0.717, 1.165) is 17.7 Å². The van der Waals surface area contributed by atoms with Crippen molar-refractivity contribution < 1.29 is 23.9 Å². The maximum Gasteiger partial charge on any atom is 0.338 e. The minimum Gasteiger partial charge on any atom is -0.462 e. The van der Waals surface area contributed by atoms with Crippen molar-refractivity contribution in [3.05, 3.63) is 59.2 Å². The standard InChI is InChI=1S/C24H24N2O5/c1-15(27)25-18-8-10-19(11-9-18)26-22(28)20-12-7-17(13-21(20)23(26)29)24(30)31-14-16-5-3-2-4-6-16/h7-13,16H,2-6,14H2,1H3,(H,25,27). The number of carbonyl (C=O) groups is 4. The van der Waals surface area contributed by atoms with Crippen LogP contribution in [0.5, 0.6) is 0 Å². The molecule has 0 aromatic heterocycles. The highest BCUT2D eigenvalue weighted by atomic mass is 16.5. The van der Waals surface area contributed by atoms with E-state index in [0.29, 0.717) is 23.9 Å². The van der Waals surface area contributed by atoms with Crippen LogP contribution in [-0.4, -0.2) is 30.3 Å². The van der Waals surface area contributed by atoms with Gasteiger partial charge in [0, 0.05) is 12.6 Å². The van der Waals surface area contributed by atoms with Gasteiger partial charge in [-0.25, -0.2) is 9.69 Å². The Hall–Kier alpha value is -3.48. The lowest BCUT2D eigenvalue weighted by Crippen LogP contribution is -2.29. The summed E-state index contributed by atoms with van der Waals surface area (Å²) >= 11 is 0. The van der Waals surface area contributed by atoms with Crippen molar-refractivity contribution in [3.63, 3.8) is 0 Å². The fraction of sp³-hybridized carbons (Fsp3) is 0.333. The predicted octanol–water partition coefficient (Wildman–Crippen LogP) is 4.18. The van der Waals surface area contributed by atoms with Crippen LogP contribution in [0.2, 0.25) is 0 Å². The third kappa shape index (κ3) is 4.35. The molecule has 2 aromatic rings. The maximum atomic E-state index is 12.9. The molecule has 1 saturated carbocycles. The molecule has 0 unspecified atom stereocenters. The molecule has 0 radical (unpaired) electrons. The van der Waals surface area contributed by atoms with E-state index in [1.807, 2.05) is 0 Å². The summed E-state index contributed by atoms with van der Waals surface area (Å²) in [6.07, 6.45) is 5.71. The molecule has 0 saturated heterocycles. The molecular weight excluding hydrogens is 396 g/mol. The van der Waals surface area contributed by atoms with Crippen LogP contribution in [0.15, 0.2) is 42.5 Å². The number of carbonyl (C=O) groups excluding carboxylic acids is 4. The van der Waals surface area contributed by atoms with Crippen LogP contribution in [0.4, 0.5) is 11.4 Å². The summed E-state index contributed by atoms with van der Waals surface area (Å²) in [5.74, 6) is -1.24. The van der Waals surface area contributed by atoms with Crippen molar-refractivity contribution in [2.75, 3.05) is 16.8 Å². The lowest BCUT2D eigenvalue weighted by Gasteiger charge is -2.21. The summed E-state index contributed by atoms with van der Waals surface area (Å²) in [4.78, 5) is 50.5. The number of imide groups is 1. The molecule has 4 rings (SSSR count). The average Bonchev–Trinajstić information content (AvgIpc) is 3.02. The van der Waals surface area contributed by atoms with E-state index in [1.165, 1.54) is 44.4 Å². The zero-order chi connectivity index (χ0) is 22.0. The largest absolute Gasteiger partial charge is 0.462 e. The summed E-state index contributed by atoms with van der Waals surface area (Å²) in [6.45, 7) is 1.78. The van der Waals surface area contributed by atoms with Gasteiger partial charge in [-0.1, -0.05) is 19.3 Å². The highest BCUT2D eigenvalue weighted by Crippen LogP contribution is 2.30. The smallest absolute Gasteiger partial charge is 0.338 e. The number of nitrogens with zero attached hydrogens (tertiary/aromatic N) is 1. The molecule has 1 N–H and O–H groups in total. The van der Waals surface area contributed by atoms with Crippen molar-refractivity contribution in [1.82, 2.24) is 0 Å². The molecule has 7 heteroatoms. The molecule has 1 fully saturated rings. The van der Waals surface area contributed by atoms with E-state index >= 15 is 0 Å². The van der Waals surface area contributed by atoms with Crippen LogP contribution in [0.25, 0.3) is 0 Å². The van der Waals surface area contributed by atoms with Crippen molar-refractivity contribution in [3.8, 4) is 0 Å². The monoisotopic (exact) mass is 420 g/mol. The third-order valence-corrected chi connectivity index (χ3v) is 5.74. The second-order valence-corrected chi connectivity index (χ2v) is 8.04. The fourth-order valence-electron chi connectivity index (χ4n) is 4.13. The molecule has 31 heavy (non-hydrogen) atoms. The van der Waals surface area contributed by atoms with Gasteiger partial charge in [0.15, 0.2) is 0 Å². The summed E-state index contributed by atoms with van der Waals surface area (Å²) in [5, 5.41) is 2.64. The third-order valence-electron chi connectivity index (χ3n) is 5.74. The van der Waals surface area contributed by atoms with Crippen LogP contribution in [-0.2, 0) is 9.53 Å². The van der Waals surface area contributed by atoms with Crippen LogP contribution >= 0.6 is 0 Å². The number of ether oxygens (including phenoxy) is 1. The number of anilines is 2. The second-order valence-electron chi connectivity index (χ2n) is 8.04. The van der Waals surface area contributed by atoms with Crippen LogP contribution in [0, 0.1) is 5.92 Å². The number of amides is 3. The lowest BCUT2D eigenvalue weighted by atomic mass is 9.90. The van der Waals surface area contributed by atoms with Crippen molar-refractivity contribution in [2.24, 2.45) is 5.92 Å². The number of hydrogen-bond donors (Lipinski definition) is 1. The average molecular weight is 420 g/mol. The van der Waals surface area contributed by atoms with Gasteiger partial charge < -0.3 is 10.1 Å². The summed E-state index contributed by atoms with van der Waals surface area (Å²) in [6, 6.07) is 10.9. The molecule has 2 aromatic carbocycles. The van der Waals surface area contributed by atoms with Crippen molar-refractivity contribution in [1.29, 1.82) is 0 Å². The fourth-order valence-corrected chi connectivity index (χ4v) is 4.13. The predicted molar refractivity (Wildman–Crippen MR) is 115 cm³/mol. The molecule has 1 aliphatic carbocycles. The van der Waals surface area contributed by atoms with Gasteiger partial charge in [-0.2, -0.15) is 0 Å². The van der Waals surface area contributed by atoms with E-state index in [9.17, 15) is 19.2 Å². The van der Waals surface area contributed by atoms with Gasteiger partial charge >= 0.3 is 5.97 Å². The van der Waals surface area contributed by atoms with Crippen molar-refractivity contribution >= 4 is 35.1 Å². The Bertz CT molecular complexity index is 1040. The quantitative estimate of drug-likeness (QED) is 0.579. The Morgan fingerprint density at radius 3 is 2.32 bits per heavy atom. The summed E-state index contributed by atoms with van der Waals surface area (Å²) < 4.78 is 5.46. The van der Waals surface area contributed by atoms with Gasteiger partial charge in [0.2, 0.25) is 5.91 Å². The zero-order valence-corrected chi connectivity index (χ0v) is 17.3. The number of fused-ring (bicyclic) bond motifs is 1. The molecule has 0 bridgehead atoms. The van der Waals surface area contributed by atoms with Gasteiger partial charge in [-0.15, -0.1) is 0 Å². The van der Waals surface area contributed by atoms with Crippen LogP contribution in [0.1, 0.15) is 70.1 Å². The van der Waals surface area contributed by atoms with Gasteiger partial charge in [-0.3, -0.25) is 14.4 Å². The number of benzene rings is 2. The molecule has 160 valence electrons. The SMILES string of the molecule is CC(=O)Nc1ccc(N2C(=O)c3ccc(C(=O)OCC4CCCCC4)cc3C2=O)cc1. The Morgan fingerprint density at radius 2 is 1.65 bits per heavy atom. The van der Waals surface area contributed by atoms with Gasteiger partial charge in [0.1, 0.15) is 0 Å². The highest BCUT2D eigenvalue weighted by molar-refractivity contribution is 6.34. The molecular formula is C24H24N2O5. The normalized spacial score (nSPS) is 16.2. The zero-order valence-electron chi connectivity index (χ0n) is 17.3. The first-order chi connectivity index (χ1) is 14.9. The van der Waals surface area contributed by atoms with E-state index in [4.69, 9.17) is 4.74 Å². The minimum atomic E-state index is -0.491. The molecule has 1 aliphatic heterocycles. The van der Waals surface area contributed by atoms with E-state index < -0.39 is 17.8 Å².